The SMILES string of the molecule is CN(C)S(=O)(=O)[C@H](c1ccccc1)[C@H](c1ccccc1)S(=O)(=O)N(C)C. The van der Waals surface area contributed by atoms with Gasteiger partial charge < -0.3 is 0 Å². The molecule has 142 valence electrons. The highest BCUT2D eigenvalue weighted by Crippen LogP contribution is 2.42. The fraction of sp³-hybridized carbons (Fsp3) is 0.333. The van der Waals surface area contributed by atoms with Gasteiger partial charge in [0.15, 0.2) is 0 Å². The highest BCUT2D eigenvalue weighted by atomic mass is 32.2. The molecule has 0 radical (unpaired) electrons. The van der Waals surface area contributed by atoms with Gasteiger partial charge in [-0.15, -0.1) is 0 Å². The van der Waals surface area contributed by atoms with Gasteiger partial charge >= 0.3 is 0 Å². The maximum atomic E-state index is 13.2. The zero-order valence-corrected chi connectivity index (χ0v) is 16.9. The van der Waals surface area contributed by atoms with Gasteiger partial charge in [-0.2, -0.15) is 0 Å². The Hall–Kier alpha value is -1.74. The largest absolute Gasteiger partial charge is 0.222 e. The first-order valence-corrected chi connectivity index (χ1v) is 11.0. The van der Waals surface area contributed by atoms with Gasteiger partial charge in [-0.3, -0.25) is 0 Å². The first-order valence-electron chi connectivity index (χ1n) is 8.02. The molecule has 2 atom stereocenters. The van der Waals surface area contributed by atoms with Crippen molar-refractivity contribution in [2.45, 2.75) is 10.5 Å². The quantitative estimate of drug-likeness (QED) is 0.719. The molecule has 26 heavy (non-hydrogen) atoms. The van der Waals surface area contributed by atoms with Crippen LogP contribution in [0.25, 0.3) is 0 Å². The first-order chi connectivity index (χ1) is 12.1. The molecule has 0 aliphatic rings. The third-order valence-corrected chi connectivity index (χ3v) is 8.77. The summed E-state index contributed by atoms with van der Waals surface area (Å²) in [6.45, 7) is 0. The summed E-state index contributed by atoms with van der Waals surface area (Å²) in [5.74, 6) is 0. The minimum absolute atomic E-state index is 0.431. The topological polar surface area (TPSA) is 74.8 Å². The van der Waals surface area contributed by atoms with Gasteiger partial charge in [0.05, 0.1) is 0 Å². The second-order valence-corrected chi connectivity index (χ2v) is 10.9. The fourth-order valence-corrected chi connectivity index (χ4v) is 6.44. The molecular weight excluding hydrogens is 372 g/mol. The maximum absolute atomic E-state index is 13.2. The normalized spacial score (nSPS) is 15.2. The van der Waals surface area contributed by atoms with E-state index in [1.165, 1.54) is 28.2 Å². The molecule has 0 spiro atoms. The fourth-order valence-electron chi connectivity index (χ4n) is 2.75. The van der Waals surface area contributed by atoms with Crippen LogP contribution in [-0.4, -0.2) is 53.6 Å². The molecule has 2 rings (SSSR count). The maximum Gasteiger partial charge on any atom is 0.222 e. The van der Waals surface area contributed by atoms with Crippen molar-refractivity contribution < 1.29 is 16.8 Å². The summed E-state index contributed by atoms with van der Waals surface area (Å²) in [6, 6.07) is 16.9. The van der Waals surface area contributed by atoms with Crippen LogP contribution in [0.3, 0.4) is 0 Å². The molecule has 0 aromatic heterocycles. The van der Waals surface area contributed by atoms with Gasteiger partial charge in [0, 0.05) is 28.2 Å². The van der Waals surface area contributed by atoms with E-state index in [2.05, 4.69) is 0 Å². The zero-order chi connectivity index (χ0) is 19.5. The number of nitrogens with zero attached hydrogens (tertiary/aromatic N) is 2. The van der Waals surface area contributed by atoms with Crippen LogP contribution >= 0.6 is 0 Å². The van der Waals surface area contributed by atoms with Crippen LogP contribution in [0.1, 0.15) is 21.6 Å². The molecule has 0 fully saturated rings. The van der Waals surface area contributed by atoms with E-state index in [9.17, 15) is 16.8 Å². The Kier molecular flexibility index (Phi) is 6.23. The molecule has 2 aromatic rings. The predicted molar refractivity (Wildman–Crippen MR) is 104 cm³/mol. The minimum Gasteiger partial charge on any atom is -0.212 e. The Balaban J connectivity index is 2.83. The Morgan fingerprint density at radius 3 is 1.08 bits per heavy atom. The van der Waals surface area contributed by atoms with Crippen molar-refractivity contribution >= 4 is 20.0 Å². The Morgan fingerprint density at radius 2 is 0.846 bits per heavy atom. The third kappa shape index (κ3) is 3.98. The lowest BCUT2D eigenvalue weighted by atomic mass is 10.0. The average molecular weight is 397 g/mol. The molecule has 0 aliphatic heterocycles. The minimum atomic E-state index is -3.93. The molecule has 0 amide bonds. The summed E-state index contributed by atoms with van der Waals surface area (Å²) in [6.07, 6.45) is 0. The van der Waals surface area contributed by atoms with E-state index < -0.39 is 30.5 Å². The van der Waals surface area contributed by atoms with E-state index in [0.717, 1.165) is 8.61 Å². The lowest BCUT2D eigenvalue weighted by molar-refractivity contribution is 0.481. The molecule has 0 bridgehead atoms. The number of hydrogen-bond donors (Lipinski definition) is 0. The number of benzene rings is 2. The summed E-state index contributed by atoms with van der Waals surface area (Å²) in [5.41, 5.74) is 0.862. The molecule has 0 N–H and O–H groups in total. The smallest absolute Gasteiger partial charge is 0.212 e. The van der Waals surface area contributed by atoms with Crippen molar-refractivity contribution in [3.63, 3.8) is 0 Å². The molecule has 0 heterocycles. The van der Waals surface area contributed by atoms with E-state index in [0.29, 0.717) is 11.1 Å². The van der Waals surface area contributed by atoms with Crippen LogP contribution in [0, 0.1) is 0 Å². The lowest BCUT2D eigenvalue weighted by Gasteiger charge is -2.31. The van der Waals surface area contributed by atoms with Crippen molar-refractivity contribution in [3.8, 4) is 0 Å². The molecule has 6 nitrogen and oxygen atoms in total. The second kappa shape index (κ2) is 7.87. The Bertz CT molecular complexity index is 846. The van der Waals surface area contributed by atoms with E-state index in [4.69, 9.17) is 0 Å². The number of sulfonamides is 2. The summed E-state index contributed by atoms with van der Waals surface area (Å²) in [4.78, 5) is 0. The van der Waals surface area contributed by atoms with E-state index in [1.54, 1.807) is 60.7 Å². The average Bonchev–Trinajstić information content (AvgIpc) is 2.60. The standard InChI is InChI=1S/C18H24N2O4S2/c1-19(2)25(21,22)17(15-11-7-5-8-12-15)18(26(23,24)20(3)4)16-13-9-6-10-14-16/h5-14,17-18H,1-4H3/t17-,18+. The monoisotopic (exact) mass is 396 g/mol. The van der Waals surface area contributed by atoms with Crippen LogP contribution < -0.4 is 0 Å². The Morgan fingerprint density at radius 1 is 0.577 bits per heavy atom. The molecule has 2 aromatic carbocycles. The van der Waals surface area contributed by atoms with Crippen LogP contribution in [0.4, 0.5) is 0 Å². The van der Waals surface area contributed by atoms with Crippen LogP contribution in [0.15, 0.2) is 60.7 Å². The molecular formula is C18H24N2O4S2. The summed E-state index contributed by atoms with van der Waals surface area (Å²) in [7, 11) is -2.21. The van der Waals surface area contributed by atoms with Crippen molar-refractivity contribution in [1.82, 2.24) is 8.61 Å². The van der Waals surface area contributed by atoms with E-state index in [-0.39, 0.29) is 0 Å². The predicted octanol–water partition coefficient (Wildman–Crippen LogP) is 2.25. The van der Waals surface area contributed by atoms with Crippen molar-refractivity contribution in [1.29, 1.82) is 0 Å². The summed E-state index contributed by atoms with van der Waals surface area (Å²) in [5, 5.41) is -2.54. The van der Waals surface area contributed by atoms with Gasteiger partial charge in [0.25, 0.3) is 0 Å². The van der Waals surface area contributed by atoms with Gasteiger partial charge in [-0.1, -0.05) is 60.7 Å². The Labute approximate surface area is 156 Å². The van der Waals surface area contributed by atoms with Crippen molar-refractivity contribution in [2.75, 3.05) is 28.2 Å². The third-order valence-electron chi connectivity index (χ3n) is 4.19. The molecule has 0 saturated heterocycles. The molecule has 0 unspecified atom stereocenters. The van der Waals surface area contributed by atoms with Crippen LogP contribution in [-0.2, 0) is 20.0 Å². The zero-order valence-electron chi connectivity index (χ0n) is 15.3. The van der Waals surface area contributed by atoms with Crippen molar-refractivity contribution in [2.24, 2.45) is 0 Å². The molecule has 0 saturated carbocycles. The van der Waals surface area contributed by atoms with Gasteiger partial charge in [-0.05, 0) is 11.1 Å². The second-order valence-electron chi connectivity index (χ2n) is 6.32. The van der Waals surface area contributed by atoms with E-state index in [1.807, 2.05) is 0 Å². The first kappa shape index (κ1) is 20.6. The van der Waals surface area contributed by atoms with Crippen LogP contribution in [0.2, 0.25) is 0 Å². The van der Waals surface area contributed by atoms with Gasteiger partial charge in [0.2, 0.25) is 20.0 Å². The number of hydrogen-bond acceptors (Lipinski definition) is 4. The summed E-state index contributed by atoms with van der Waals surface area (Å²) >= 11 is 0. The highest BCUT2D eigenvalue weighted by molar-refractivity contribution is 7.93. The molecule has 8 heteroatoms. The van der Waals surface area contributed by atoms with Gasteiger partial charge in [-0.25, -0.2) is 25.4 Å². The van der Waals surface area contributed by atoms with E-state index >= 15 is 0 Å². The highest BCUT2D eigenvalue weighted by Gasteiger charge is 2.45. The summed E-state index contributed by atoms with van der Waals surface area (Å²) < 4.78 is 54.8. The lowest BCUT2D eigenvalue weighted by Crippen LogP contribution is -2.38. The van der Waals surface area contributed by atoms with Crippen LogP contribution in [0.5, 0.6) is 0 Å². The number of rotatable bonds is 7. The molecule has 0 aliphatic carbocycles. The van der Waals surface area contributed by atoms with Crippen molar-refractivity contribution in [3.05, 3.63) is 71.8 Å². The van der Waals surface area contributed by atoms with Gasteiger partial charge in [0.1, 0.15) is 10.5 Å².